The number of carboxylic acid groups (broad SMARTS) is 2. The molecule has 1 fully saturated rings. The average Bonchev–Trinajstić information content (AvgIpc) is 3.10. The third-order valence-electron chi connectivity index (χ3n) is 5.49. The number of aromatic nitrogens is 1. The van der Waals surface area contributed by atoms with Crippen LogP contribution in [0.3, 0.4) is 0 Å². The Morgan fingerprint density at radius 2 is 1.86 bits per heavy atom. The molecule has 4 rings (SSSR count). The first kappa shape index (κ1) is 18.9. The summed E-state index contributed by atoms with van der Waals surface area (Å²) in [6, 6.07) is 7.28. The molecule has 0 radical (unpaired) electrons. The van der Waals surface area contributed by atoms with Crippen LogP contribution in [0, 0.1) is 12.7 Å². The van der Waals surface area contributed by atoms with Gasteiger partial charge in [-0.3, -0.25) is 0 Å². The van der Waals surface area contributed by atoms with Gasteiger partial charge in [-0.2, -0.15) is 0 Å². The van der Waals surface area contributed by atoms with Crippen LogP contribution < -0.4 is 4.90 Å². The molecule has 0 unspecified atom stereocenters. The number of hydrogen-bond donors (Lipinski definition) is 2. The molecule has 7 nitrogen and oxygen atoms in total. The zero-order chi connectivity index (χ0) is 20.7. The van der Waals surface area contributed by atoms with Crippen molar-refractivity contribution in [1.29, 1.82) is 0 Å². The van der Waals surface area contributed by atoms with Crippen LogP contribution in [0.25, 0.3) is 11.0 Å². The number of rotatable bonds is 4. The average molecular weight is 398 g/mol. The summed E-state index contributed by atoms with van der Waals surface area (Å²) in [5, 5.41) is 24.1. The Morgan fingerprint density at radius 1 is 1.14 bits per heavy atom. The summed E-state index contributed by atoms with van der Waals surface area (Å²) in [6.45, 7) is 2.61. The number of hydrogen-bond acceptors (Lipinski definition) is 5. The molecule has 2 N–H and O–H groups in total. The van der Waals surface area contributed by atoms with Gasteiger partial charge in [0, 0.05) is 30.5 Å². The van der Waals surface area contributed by atoms with Crippen LogP contribution in [0.15, 0.2) is 34.9 Å². The minimum atomic E-state index is -1.16. The highest BCUT2D eigenvalue weighted by Gasteiger charge is 2.30. The molecule has 0 amide bonds. The first-order valence-corrected chi connectivity index (χ1v) is 9.26. The van der Waals surface area contributed by atoms with Gasteiger partial charge in [-0.15, -0.1) is 0 Å². The molecule has 3 aromatic rings. The van der Waals surface area contributed by atoms with Gasteiger partial charge in [-0.1, -0.05) is 11.2 Å². The van der Waals surface area contributed by atoms with Crippen LogP contribution in [0.2, 0.25) is 0 Å². The van der Waals surface area contributed by atoms with Crippen molar-refractivity contribution in [1.82, 2.24) is 5.16 Å². The molecule has 0 bridgehead atoms. The van der Waals surface area contributed by atoms with Gasteiger partial charge in [0.1, 0.15) is 5.82 Å². The maximum atomic E-state index is 13.4. The topological polar surface area (TPSA) is 104 Å². The number of nitrogens with zero attached hydrogens (tertiary/aromatic N) is 2. The summed E-state index contributed by atoms with van der Waals surface area (Å²) in [7, 11) is 0. The van der Waals surface area contributed by atoms with Gasteiger partial charge in [-0.25, -0.2) is 14.0 Å². The Kier molecular flexibility index (Phi) is 4.70. The zero-order valence-corrected chi connectivity index (χ0v) is 15.7. The lowest BCUT2D eigenvalue weighted by Gasteiger charge is -2.34. The van der Waals surface area contributed by atoms with Gasteiger partial charge < -0.3 is 19.6 Å². The van der Waals surface area contributed by atoms with Crippen LogP contribution in [-0.2, 0) is 0 Å². The standard InChI is InChI=1S/C21H19FN2O5/c1-11-2-4-15(20(25)26)19(17(11)21(27)28)24-8-6-12(7-9-24)18-14-5-3-13(22)10-16(14)29-23-18/h2-5,10,12H,6-9H2,1H3,(H,25,26)(H,27,28). The smallest absolute Gasteiger partial charge is 0.338 e. The molecule has 1 aromatic heterocycles. The Balaban J connectivity index is 1.64. The number of piperidine rings is 1. The fourth-order valence-corrected chi connectivity index (χ4v) is 4.06. The van der Waals surface area contributed by atoms with Crippen molar-refractivity contribution in [2.75, 3.05) is 18.0 Å². The Morgan fingerprint density at radius 3 is 2.52 bits per heavy atom. The van der Waals surface area contributed by atoms with Crippen molar-refractivity contribution in [3.63, 3.8) is 0 Å². The summed E-state index contributed by atoms with van der Waals surface area (Å²) in [5.41, 5.74) is 1.91. The summed E-state index contributed by atoms with van der Waals surface area (Å²) in [4.78, 5) is 25.3. The molecule has 0 spiro atoms. The highest BCUT2D eigenvalue weighted by molar-refractivity contribution is 6.04. The van der Waals surface area contributed by atoms with Crippen LogP contribution in [0.5, 0.6) is 0 Å². The summed E-state index contributed by atoms with van der Waals surface area (Å²) >= 11 is 0. The summed E-state index contributed by atoms with van der Waals surface area (Å²) in [5.74, 6) is -2.64. The normalized spacial score (nSPS) is 15.0. The predicted molar refractivity (Wildman–Crippen MR) is 103 cm³/mol. The first-order valence-electron chi connectivity index (χ1n) is 9.26. The lowest BCUT2D eigenvalue weighted by atomic mass is 9.90. The predicted octanol–water partition coefficient (Wildman–Crippen LogP) is 4.06. The van der Waals surface area contributed by atoms with Crippen LogP contribution in [-0.4, -0.2) is 40.4 Å². The Labute approximate surface area is 165 Å². The largest absolute Gasteiger partial charge is 0.478 e. The highest BCUT2D eigenvalue weighted by Crippen LogP contribution is 2.37. The Bertz CT molecular complexity index is 1120. The van der Waals surface area contributed by atoms with E-state index in [9.17, 15) is 24.2 Å². The minimum absolute atomic E-state index is 0.0192. The molecular weight excluding hydrogens is 379 g/mol. The number of aryl methyl sites for hydroxylation is 1. The van der Waals surface area contributed by atoms with Crippen molar-refractivity contribution in [2.24, 2.45) is 0 Å². The molecule has 2 aromatic carbocycles. The number of anilines is 1. The molecule has 1 aliphatic rings. The molecule has 2 heterocycles. The van der Waals surface area contributed by atoms with E-state index < -0.39 is 17.8 Å². The van der Waals surface area contributed by atoms with E-state index in [2.05, 4.69) is 5.16 Å². The van der Waals surface area contributed by atoms with Crippen molar-refractivity contribution < 1.29 is 28.7 Å². The third-order valence-corrected chi connectivity index (χ3v) is 5.49. The maximum absolute atomic E-state index is 13.4. The molecule has 0 aliphatic carbocycles. The maximum Gasteiger partial charge on any atom is 0.338 e. The van der Waals surface area contributed by atoms with Gasteiger partial charge in [0.15, 0.2) is 5.58 Å². The van der Waals surface area contributed by atoms with Gasteiger partial charge in [-0.05, 0) is 43.5 Å². The van der Waals surface area contributed by atoms with Gasteiger partial charge in [0.05, 0.1) is 22.5 Å². The SMILES string of the molecule is Cc1ccc(C(=O)O)c(N2CCC(c3noc4cc(F)ccc34)CC2)c1C(=O)O. The minimum Gasteiger partial charge on any atom is -0.478 e. The van der Waals surface area contributed by atoms with Crippen molar-refractivity contribution >= 4 is 28.6 Å². The van der Waals surface area contributed by atoms with E-state index in [1.165, 1.54) is 24.3 Å². The highest BCUT2D eigenvalue weighted by atomic mass is 19.1. The molecule has 0 atom stereocenters. The second kappa shape index (κ2) is 7.20. The van der Waals surface area contributed by atoms with Crippen LogP contribution in [0.4, 0.5) is 10.1 Å². The molecule has 0 saturated carbocycles. The van der Waals surface area contributed by atoms with Crippen molar-refractivity contribution in [3.05, 3.63) is 58.5 Å². The third kappa shape index (κ3) is 3.30. The second-order valence-electron chi connectivity index (χ2n) is 7.23. The van der Waals surface area contributed by atoms with Crippen LogP contribution >= 0.6 is 0 Å². The monoisotopic (exact) mass is 398 g/mol. The quantitative estimate of drug-likeness (QED) is 0.683. The zero-order valence-electron chi connectivity index (χ0n) is 15.7. The Hall–Kier alpha value is -3.42. The summed E-state index contributed by atoms with van der Waals surface area (Å²) < 4.78 is 18.6. The molecule has 8 heteroatoms. The molecule has 1 aliphatic heterocycles. The number of fused-ring (bicyclic) bond motifs is 1. The summed E-state index contributed by atoms with van der Waals surface area (Å²) in [6.07, 6.45) is 1.29. The molecule has 29 heavy (non-hydrogen) atoms. The second-order valence-corrected chi connectivity index (χ2v) is 7.23. The van der Waals surface area contributed by atoms with E-state index in [1.54, 1.807) is 13.0 Å². The van der Waals surface area contributed by atoms with Gasteiger partial charge in [0.25, 0.3) is 0 Å². The lowest BCUT2D eigenvalue weighted by molar-refractivity contribution is 0.0695. The fraction of sp³-hybridized carbons (Fsp3) is 0.286. The molecule has 1 saturated heterocycles. The number of carbonyl (C=O) groups is 2. The van der Waals surface area contributed by atoms with E-state index in [4.69, 9.17) is 4.52 Å². The molecular formula is C21H19FN2O5. The van der Waals surface area contributed by atoms with Gasteiger partial charge in [0.2, 0.25) is 0 Å². The number of benzene rings is 2. The van der Waals surface area contributed by atoms with E-state index in [0.717, 1.165) is 11.1 Å². The first-order chi connectivity index (χ1) is 13.9. The van der Waals surface area contributed by atoms with E-state index >= 15 is 0 Å². The fourth-order valence-electron chi connectivity index (χ4n) is 4.06. The van der Waals surface area contributed by atoms with E-state index in [-0.39, 0.29) is 22.7 Å². The number of carboxylic acids is 2. The van der Waals surface area contributed by atoms with E-state index in [1.807, 2.05) is 4.90 Å². The number of halogens is 1. The van der Waals surface area contributed by atoms with Crippen molar-refractivity contribution in [3.8, 4) is 0 Å². The lowest BCUT2D eigenvalue weighted by Crippen LogP contribution is -2.35. The van der Waals surface area contributed by atoms with E-state index in [0.29, 0.717) is 37.1 Å². The van der Waals surface area contributed by atoms with Gasteiger partial charge >= 0.3 is 11.9 Å². The number of aromatic carboxylic acids is 2. The molecule has 150 valence electrons. The van der Waals surface area contributed by atoms with Crippen LogP contribution in [0.1, 0.15) is 50.7 Å². The van der Waals surface area contributed by atoms with Crippen molar-refractivity contribution in [2.45, 2.75) is 25.7 Å².